The number of nitrogens with zero attached hydrogens (tertiary/aromatic N) is 2. The quantitative estimate of drug-likeness (QED) is 0.0109. The van der Waals surface area contributed by atoms with Crippen LogP contribution in [-0.2, 0) is 94.3 Å². The number of nitrogens with two attached hydrogens (primary N) is 3. The van der Waals surface area contributed by atoms with Gasteiger partial charge in [0.05, 0.1) is 45.2 Å². The average molecular weight is 1700 g/mol. The maximum Gasteiger partial charge on any atom is 0.471 e. The molecule has 0 radical (unpaired) electrons. The van der Waals surface area contributed by atoms with Crippen LogP contribution in [0.25, 0.3) is 0 Å². The molecule has 2 fully saturated rings. The number of amides is 14. The molecule has 49 heteroatoms. The van der Waals surface area contributed by atoms with Crippen LogP contribution >= 0.6 is 0 Å². The molecule has 0 bridgehead atoms. The van der Waals surface area contributed by atoms with Gasteiger partial charge in [0.2, 0.25) is 77.2 Å². The van der Waals surface area contributed by atoms with Gasteiger partial charge in [-0.25, -0.2) is 0 Å². The van der Waals surface area contributed by atoms with Crippen LogP contribution in [0.4, 0.5) is 39.5 Å². The number of carboxylic acid groups (broad SMARTS) is 2. The van der Waals surface area contributed by atoms with Gasteiger partial charge in [0.25, 0.3) is 0 Å². The topological polar surface area (TPSA) is 620 Å². The van der Waals surface area contributed by atoms with Crippen molar-refractivity contribution >= 4 is 113 Å². The van der Waals surface area contributed by atoms with E-state index in [2.05, 4.69) is 73.8 Å². The van der Waals surface area contributed by atoms with Gasteiger partial charge in [-0.15, -0.1) is 0 Å². The number of ether oxygens (including phenoxy) is 2. The number of benzene rings is 2. The smallest absolute Gasteiger partial charge is 0.471 e. The summed E-state index contributed by atoms with van der Waals surface area (Å²) in [7, 11) is 0. The standard InChI is InChI=1S/C67H93F6N19O20.C2HF3O/c1-33(2)51-60(107)85-40(9-5-21-79-64(75)91-62(109)66(68,69)70)54(101)81-31-47(94)83-44(29-49(96)97)56(103)87-42(58(105)89-51)27-35-11-15-37(16-12-35)111-25-7-23-77-46(93)20-19-39(74)53(100)78-24-8-26-112-38-17-13-36(14-18-38)28-43-59(106)90-52(34(3)4)61(108)86-41(10-6-22-80-65(76)92-63(110)67(71,72)73)55(102)82-32-48(95)84-45(30-50(98)99)57(104)88-43;3-2(4,5)1-6/h11-18,33-34,39-45,51-52H,5-10,19-32,74H2,1-4H3,(H,77,93)(H,78,100)(H,81,101)(H,82,102)(H,83,94)(H,84,95)(H,85,107)(H,86,108)(H,87,103)(H,88,104)(H,89,105)(H,90,106)(H,96,97)(H,98,99)(H3,75,79,91,109)(H3,76,80,92,110);1H/t39-,40-,41-,42+,43+,44-,45-,51-,52-;/m0./s1. The minimum Gasteiger partial charge on any atom is -0.494 e. The van der Waals surface area contributed by atoms with Crippen LogP contribution < -0.4 is 101 Å². The Kier molecular flexibility index (Phi) is 41.2. The number of hydrogen-bond acceptors (Lipinski definition) is 22. The van der Waals surface area contributed by atoms with E-state index in [1.54, 1.807) is 52.0 Å². The number of hydrogen-bond donors (Lipinski definition) is 19. The number of nitrogens with one attached hydrogen (secondary N) is 14. The van der Waals surface area contributed by atoms with Crippen molar-refractivity contribution in [1.82, 2.24) is 74.4 Å². The Balaban J connectivity index is 0.00000576. The summed E-state index contributed by atoms with van der Waals surface area (Å²) in [5.41, 5.74) is 17.7. The van der Waals surface area contributed by atoms with Gasteiger partial charge in [-0.2, -0.15) is 39.5 Å². The van der Waals surface area contributed by atoms with Crippen LogP contribution in [0.2, 0.25) is 0 Å². The number of alkyl halides is 9. The molecule has 2 heterocycles. The van der Waals surface area contributed by atoms with E-state index in [0.29, 0.717) is 29.0 Å². The highest BCUT2D eigenvalue weighted by Crippen LogP contribution is 2.20. The fourth-order valence-electron chi connectivity index (χ4n) is 10.4. The number of guanidine groups is 2. The summed E-state index contributed by atoms with van der Waals surface area (Å²) in [5.74, 6) is -21.1. The maximum atomic E-state index is 14.1. The Labute approximate surface area is 666 Å². The summed E-state index contributed by atoms with van der Waals surface area (Å²) in [6.07, 6.45) is -19.0. The fraction of sp³-hybridized carbons (Fsp3) is 0.551. The van der Waals surface area contributed by atoms with E-state index >= 15 is 0 Å². The third-order valence-electron chi connectivity index (χ3n) is 16.5. The molecule has 0 spiro atoms. The number of carbonyl (C=O) groups excluding carboxylic acids is 15. The number of rotatable bonds is 32. The van der Waals surface area contributed by atoms with E-state index in [0.717, 1.165) is 0 Å². The second kappa shape index (κ2) is 48.8. The Bertz CT molecular complexity index is 3910. The molecule has 2 saturated heterocycles. The minimum atomic E-state index is -5.26. The van der Waals surface area contributed by atoms with Crippen molar-refractivity contribution in [2.45, 2.75) is 178 Å². The Morgan fingerprint density at radius 3 is 1.19 bits per heavy atom. The molecule has 0 aliphatic carbocycles. The van der Waals surface area contributed by atoms with E-state index in [1.807, 2.05) is 0 Å². The second-order valence-corrected chi connectivity index (χ2v) is 26.8. The summed E-state index contributed by atoms with van der Waals surface area (Å²) in [5, 5.41) is 51.2. The average Bonchev–Trinajstić information content (AvgIpc) is 1.40. The molecule has 118 heavy (non-hydrogen) atoms. The van der Waals surface area contributed by atoms with E-state index in [1.165, 1.54) is 34.9 Å². The van der Waals surface area contributed by atoms with Gasteiger partial charge in [0.1, 0.15) is 59.8 Å². The van der Waals surface area contributed by atoms with Crippen LogP contribution in [-0.4, -0.2) is 248 Å². The predicted molar refractivity (Wildman–Crippen MR) is 391 cm³/mol. The Hall–Kier alpha value is -12.5. The van der Waals surface area contributed by atoms with Gasteiger partial charge in [0, 0.05) is 45.4 Å². The highest BCUT2D eigenvalue weighted by Gasteiger charge is 2.41. The molecular formula is C69H94F9N19O21. The van der Waals surface area contributed by atoms with Gasteiger partial charge in [0.15, 0.2) is 11.9 Å². The number of aldehydes is 1. The molecule has 4 rings (SSSR count). The van der Waals surface area contributed by atoms with Gasteiger partial charge in [-0.3, -0.25) is 102 Å². The molecular weight excluding hydrogens is 1600 g/mol. The minimum absolute atomic E-state index is 0.0182. The molecule has 0 unspecified atom stereocenters. The normalized spacial score (nSPS) is 20.2. The highest BCUT2D eigenvalue weighted by atomic mass is 19.4. The highest BCUT2D eigenvalue weighted by molar-refractivity contribution is 6.02. The van der Waals surface area contributed by atoms with Crippen LogP contribution in [0.1, 0.15) is 103 Å². The van der Waals surface area contributed by atoms with Crippen molar-refractivity contribution in [3.05, 3.63) is 59.7 Å². The number of aliphatic carboxylic acids is 2. The van der Waals surface area contributed by atoms with Crippen molar-refractivity contribution in [2.75, 3.05) is 52.5 Å². The predicted octanol–water partition coefficient (Wildman–Crippen LogP) is -3.96. The molecule has 2 aromatic carbocycles. The summed E-state index contributed by atoms with van der Waals surface area (Å²) < 4.78 is 119. The third kappa shape index (κ3) is 38.8. The molecule has 0 aromatic heterocycles. The summed E-state index contributed by atoms with van der Waals surface area (Å²) in [4.78, 5) is 223. The number of carbonyl (C=O) groups is 17. The molecule has 654 valence electrons. The van der Waals surface area contributed by atoms with Crippen molar-refractivity contribution in [3.8, 4) is 11.5 Å². The monoisotopic (exact) mass is 1700 g/mol. The lowest BCUT2D eigenvalue weighted by atomic mass is 9.99. The van der Waals surface area contributed by atoms with E-state index in [9.17, 15) is 126 Å². The molecule has 0 saturated carbocycles. The molecule has 9 atom stereocenters. The summed E-state index contributed by atoms with van der Waals surface area (Å²) in [6, 6.07) is -1.05. The van der Waals surface area contributed by atoms with Gasteiger partial charge in [-0.05, 0) is 92.2 Å². The first-order chi connectivity index (χ1) is 55.2. The lowest BCUT2D eigenvalue weighted by Gasteiger charge is -2.27. The van der Waals surface area contributed by atoms with E-state index in [4.69, 9.17) is 31.5 Å². The maximum absolute atomic E-state index is 14.1. The number of carboxylic acids is 2. The first-order valence-corrected chi connectivity index (χ1v) is 36.2. The van der Waals surface area contributed by atoms with E-state index < -0.39 is 224 Å². The van der Waals surface area contributed by atoms with Gasteiger partial charge in [-0.1, -0.05) is 52.0 Å². The van der Waals surface area contributed by atoms with Gasteiger partial charge < -0.3 is 101 Å². The summed E-state index contributed by atoms with van der Waals surface area (Å²) in [6.45, 7) is 4.28. The zero-order valence-corrected chi connectivity index (χ0v) is 63.9. The van der Waals surface area contributed by atoms with Gasteiger partial charge >= 0.3 is 42.3 Å². The van der Waals surface area contributed by atoms with Crippen LogP contribution in [0.3, 0.4) is 0 Å². The van der Waals surface area contributed by atoms with Crippen molar-refractivity contribution in [1.29, 1.82) is 0 Å². The SMILES string of the molecule is CC(C)[C@@H]1NC(=O)[C@@H](Cc2ccc(OCCCNC(=O)CC[C@H](N)C(=O)NCCCOc3ccc(C[C@H]4NC(=O)[C@H](CC(=O)O)NC(=O)CNC(=O)[C@H](CCCN=C(N)NC(=O)C(F)(F)F)NC(=O)[C@H](C(C)C)NC4=O)cc3)cc2)NC(=O)[C@H](CC(=O)O)NC(=O)CNC(=O)[C@H](CCCN=C(N)NC(=O)C(F)(F)F)NC1=O.O=CC(F)(F)F. The van der Waals surface area contributed by atoms with Crippen LogP contribution in [0, 0.1) is 11.8 Å². The zero-order valence-electron chi connectivity index (χ0n) is 63.9. The lowest BCUT2D eigenvalue weighted by Crippen LogP contribution is -2.59. The first-order valence-electron chi connectivity index (χ1n) is 36.2. The van der Waals surface area contributed by atoms with Crippen LogP contribution in [0.15, 0.2) is 58.5 Å². The van der Waals surface area contributed by atoms with Crippen molar-refractivity contribution < 1.29 is 141 Å². The second-order valence-electron chi connectivity index (χ2n) is 26.8. The van der Waals surface area contributed by atoms with Crippen molar-refractivity contribution in [2.24, 2.45) is 39.0 Å². The van der Waals surface area contributed by atoms with Crippen molar-refractivity contribution in [3.63, 3.8) is 0 Å². The molecule has 22 N–H and O–H groups in total. The Morgan fingerprint density at radius 1 is 0.500 bits per heavy atom. The molecule has 2 aliphatic heterocycles. The fourth-order valence-corrected chi connectivity index (χ4v) is 10.4. The third-order valence-corrected chi connectivity index (χ3v) is 16.5. The Morgan fingerprint density at radius 2 is 0.847 bits per heavy atom. The molecule has 2 aromatic rings. The number of halogens is 9. The van der Waals surface area contributed by atoms with E-state index in [-0.39, 0.29) is 97.2 Å². The zero-order chi connectivity index (χ0) is 88.8. The largest absolute Gasteiger partial charge is 0.494 e. The number of aliphatic imine (C=N–C) groups is 2. The van der Waals surface area contributed by atoms with Crippen LogP contribution in [0.5, 0.6) is 11.5 Å². The molecule has 14 amide bonds. The molecule has 2 aliphatic rings. The first kappa shape index (κ1) is 99.7. The summed E-state index contributed by atoms with van der Waals surface area (Å²) >= 11 is 0. The molecule has 40 nitrogen and oxygen atoms in total. The lowest BCUT2D eigenvalue weighted by molar-refractivity contribution is -0.171.